The number of nitrogens with one attached hydrogen (secondary N) is 2. The number of carbonyl (C=O) groups is 2. The van der Waals surface area contributed by atoms with Crippen LogP contribution in [-0.4, -0.2) is 42.1 Å². The first-order valence-electron chi connectivity index (χ1n) is 15.2. The number of allylic oxidation sites excluding steroid dienone is 3. The van der Waals surface area contributed by atoms with Gasteiger partial charge in [0.2, 0.25) is 5.91 Å². The van der Waals surface area contributed by atoms with Gasteiger partial charge < -0.3 is 15.4 Å². The molecule has 2 fully saturated rings. The van der Waals surface area contributed by atoms with Crippen LogP contribution in [0.15, 0.2) is 42.3 Å². The van der Waals surface area contributed by atoms with Crippen LogP contribution in [0.25, 0.3) is 5.57 Å². The van der Waals surface area contributed by atoms with Crippen LogP contribution in [0.4, 0.5) is 0 Å². The lowest BCUT2D eigenvalue weighted by molar-refractivity contribution is -0.156. The number of aromatic nitrogens is 1. The molecule has 0 saturated heterocycles. The Bertz CT molecular complexity index is 1130. The molecule has 4 aliphatic rings. The summed E-state index contributed by atoms with van der Waals surface area (Å²) in [4.78, 5) is 29.8. The molecule has 6 heteroatoms. The first-order valence-corrected chi connectivity index (χ1v) is 15.2. The summed E-state index contributed by atoms with van der Waals surface area (Å²) in [6.45, 7) is 11.8. The maximum Gasteiger partial charge on any atom is 0.329 e. The fraction of sp³-hybridized carbons (Fsp3) is 0.667. The van der Waals surface area contributed by atoms with E-state index in [-0.39, 0.29) is 41.3 Å². The summed E-state index contributed by atoms with van der Waals surface area (Å²) in [5.74, 6) is 1.56. The number of ether oxygens (including phenoxy) is 1. The first kappa shape index (κ1) is 28.1. The van der Waals surface area contributed by atoms with E-state index < -0.39 is 6.04 Å². The maximum absolute atomic E-state index is 13.2. The zero-order valence-corrected chi connectivity index (χ0v) is 24.5. The van der Waals surface area contributed by atoms with Crippen molar-refractivity contribution in [1.82, 2.24) is 15.6 Å². The van der Waals surface area contributed by atoms with Gasteiger partial charge in [0.05, 0.1) is 6.54 Å². The van der Waals surface area contributed by atoms with Crippen LogP contribution < -0.4 is 10.6 Å². The van der Waals surface area contributed by atoms with Gasteiger partial charge in [0.1, 0.15) is 12.1 Å². The van der Waals surface area contributed by atoms with Gasteiger partial charge in [-0.15, -0.1) is 0 Å². The van der Waals surface area contributed by atoms with Crippen molar-refractivity contribution in [2.24, 2.45) is 34.5 Å². The first-order chi connectivity index (χ1) is 18.7. The topological polar surface area (TPSA) is 80.3 Å². The van der Waals surface area contributed by atoms with Gasteiger partial charge in [0.25, 0.3) is 0 Å². The molecule has 2 saturated carbocycles. The minimum Gasteiger partial charge on any atom is -0.461 e. The Labute approximate surface area is 234 Å². The van der Waals surface area contributed by atoms with Crippen molar-refractivity contribution in [3.63, 3.8) is 0 Å². The van der Waals surface area contributed by atoms with Gasteiger partial charge in [-0.05, 0) is 96.8 Å². The number of hydrogen-bond acceptors (Lipinski definition) is 5. The second-order valence-electron chi connectivity index (χ2n) is 13.2. The van der Waals surface area contributed by atoms with Gasteiger partial charge in [0.15, 0.2) is 0 Å². The number of pyridine rings is 1. The van der Waals surface area contributed by atoms with E-state index in [4.69, 9.17) is 4.74 Å². The molecule has 0 aliphatic heterocycles. The predicted octanol–water partition coefficient (Wildman–Crippen LogP) is 5.70. The number of esters is 1. The van der Waals surface area contributed by atoms with Crippen molar-refractivity contribution >= 4 is 17.4 Å². The van der Waals surface area contributed by atoms with E-state index >= 15 is 0 Å². The molecule has 1 amide bonds. The largest absolute Gasteiger partial charge is 0.461 e. The second kappa shape index (κ2) is 11.2. The Morgan fingerprint density at radius 1 is 1.10 bits per heavy atom. The van der Waals surface area contributed by atoms with Gasteiger partial charge in [0, 0.05) is 18.8 Å². The number of hydrogen-bond donors (Lipinski definition) is 2. The van der Waals surface area contributed by atoms with E-state index in [2.05, 4.69) is 53.7 Å². The highest BCUT2D eigenvalue weighted by Crippen LogP contribution is 2.66. The summed E-state index contributed by atoms with van der Waals surface area (Å²) in [7, 11) is 0. The van der Waals surface area contributed by atoms with Crippen LogP contribution in [0.5, 0.6) is 0 Å². The molecule has 7 atom stereocenters. The average molecular weight is 534 g/mol. The van der Waals surface area contributed by atoms with E-state index in [0.717, 1.165) is 32.1 Å². The monoisotopic (exact) mass is 533 g/mol. The third-order valence-corrected chi connectivity index (χ3v) is 10.7. The van der Waals surface area contributed by atoms with Crippen LogP contribution in [0.2, 0.25) is 0 Å². The fourth-order valence-electron chi connectivity index (χ4n) is 8.46. The molecular weight excluding hydrogens is 486 g/mol. The third kappa shape index (κ3) is 5.21. The summed E-state index contributed by atoms with van der Waals surface area (Å²) in [5, 5.41) is 5.90. The standard InChI is InChI=1S/C33H47N3O3/c1-6-34-20-29(37)36-30(21(2)3)31(38)39-24-13-15-32(4)23(18-24)9-10-25-27-12-11-26(22-8-7-17-35-19-22)33(27,5)16-14-28(25)32/h7-9,11,17,19,21,24-25,27-28,30,34H,6,10,12-16,18,20H2,1-5H3,(H,36,37). The lowest BCUT2D eigenvalue weighted by atomic mass is 9.47. The van der Waals surface area contributed by atoms with E-state index in [1.807, 2.05) is 33.2 Å². The highest BCUT2D eigenvalue weighted by Gasteiger charge is 2.57. The molecule has 6 nitrogen and oxygen atoms in total. The molecule has 1 aromatic rings. The second-order valence-corrected chi connectivity index (χ2v) is 13.2. The van der Waals surface area contributed by atoms with Crippen LogP contribution in [0.3, 0.4) is 0 Å². The third-order valence-electron chi connectivity index (χ3n) is 10.7. The number of rotatable bonds is 8. The van der Waals surface area contributed by atoms with E-state index in [1.54, 1.807) is 0 Å². The smallest absolute Gasteiger partial charge is 0.329 e. The van der Waals surface area contributed by atoms with Crippen LogP contribution in [0.1, 0.15) is 85.1 Å². The van der Waals surface area contributed by atoms with Crippen molar-refractivity contribution in [2.45, 2.75) is 91.7 Å². The number of likely N-dealkylation sites (N-methyl/N-ethyl adjacent to an activating group) is 1. The summed E-state index contributed by atoms with van der Waals surface area (Å²) < 4.78 is 6.07. The zero-order chi connectivity index (χ0) is 27.8. The molecular formula is C33H47N3O3. The normalized spacial score (nSPS) is 34.2. The quantitative estimate of drug-likeness (QED) is 0.331. The summed E-state index contributed by atoms with van der Waals surface area (Å²) in [6.07, 6.45) is 16.3. The molecule has 1 aromatic heterocycles. The van der Waals surface area contributed by atoms with E-state index in [9.17, 15) is 9.59 Å². The molecule has 0 radical (unpaired) electrons. The van der Waals surface area contributed by atoms with E-state index in [0.29, 0.717) is 24.3 Å². The molecule has 0 aromatic carbocycles. The molecule has 5 rings (SSSR count). The highest BCUT2D eigenvalue weighted by molar-refractivity contribution is 5.85. The summed E-state index contributed by atoms with van der Waals surface area (Å²) >= 11 is 0. The lowest BCUT2D eigenvalue weighted by Gasteiger charge is -2.58. The number of nitrogens with zero attached hydrogens (tertiary/aromatic N) is 1. The Balaban J connectivity index is 1.26. The zero-order valence-electron chi connectivity index (χ0n) is 24.5. The Kier molecular flexibility index (Phi) is 8.05. The summed E-state index contributed by atoms with van der Waals surface area (Å²) in [5.41, 5.74) is 4.70. The van der Waals surface area contributed by atoms with Crippen LogP contribution in [-0.2, 0) is 14.3 Å². The Morgan fingerprint density at radius 3 is 2.62 bits per heavy atom. The summed E-state index contributed by atoms with van der Waals surface area (Å²) in [6, 6.07) is 3.66. The molecule has 1 heterocycles. The van der Waals surface area contributed by atoms with Gasteiger partial charge in [-0.1, -0.05) is 58.4 Å². The average Bonchev–Trinajstić information content (AvgIpc) is 3.28. The van der Waals surface area contributed by atoms with Crippen molar-refractivity contribution in [2.75, 3.05) is 13.1 Å². The molecule has 212 valence electrons. The Hall–Kier alpha value is -2.47. The molecule has 0 spiro atoms. The van der Waals surface area contributed by atoms with Gasteiger partial charge >= 0.3 is 5.97 Å². The maximum atomic E-state index is 13.2. The minimum absolute atomic E-state index is 0.0280. The Morgan fingerprint density at radius 2 is 1.90 bits per heavy atom. The highest BCUT2D eigenvalue weighted by atomic mass is 16.5. The molecule has 0 bridgehead atoms. The van der Waals surface area contributed by atoms with E-state index in [1.165, 1.54) is 29.6 Å². The predicted molar refractivity (Wildman–Crippen MR) is 154 cm³/mol. The fourth-order valence-corrected chi connectivity index (χ4v) is 8.46. The van der Waals surface area contributed by atoms with Crippen molar-refractivity contribution in [1.29, 1.82) is 0 Å². The number of fused-ring (bicyclic) bond motifs is 5. The van der Waals surface area contributed by atoms with Crippen molar-refractivity contribution < 1.29 is 14.3 Å². The molecule has 39 heavy (non-hydrogen) atoms. The minimum atomic E-state index is -0.617. The van der Waals surface area contributed by atoms with Gasteiger partial charge in [-0.25, -0.2) is 4.79 Å². The SMILES string of the molecule is CCNCC(=O)NC(C(=O)OC1CCC2(C)C(=CCC3C2CCC2(C)C(c4cccnc4)=CCC32)C1)C(C)C. The van der Waals surface area contributed by atoms with Crippen LogP contribution >= 0.6 is 0 Å². The van der Waals surface area contributed by atoms with Gasteiger partial charge in [-0.3, -0.25) is 9.78 Å². The van der Waals surface area contributed by atoms with Gasteiger partial charge in [-0.2, -0.15) is 0 Å². The number of amides is 1. The molecule has 7 unspecified atom stereocenters. The lowest BCUT2D eigenvalue weighted by Crippen LogP contribution is -2.51. The molecule has 4 aliphatic carbocycles. The molecule has 2 N–H and O–H groups in total. The number of carbonyl (C=O) groups excluding carboxylic acids is 2. The van der Waals surface area contributed by atoms with Crippen molar-refractivity contribution in [3.05, 3.63) is 47.8 Å². The van der Waals surface area contributed by atoms with Crippen molar-refractivity contribution in [3.8, 4) is 0 Å². The van der Waals surface area contributed by atoms with Crippen LogP contribution in [0, 0.1) is 34.5 Å².